The van der Waals surface area contributed by atoms with Crippen LogP contribution < -0.4 is 58.2 Å². The molecular formula is C26H32Li2N2O5. The van der Waals surface area contributed by atoms with Gasteiger partial charge in [0.2, 0.25) is 5.91 Å². The smallest absolute Gasteiger partial charge is 0.548 e. The number of nitrogens with one attached hydrogen (secondary N) is 1. The Morgan fingerprint density at radius 1 is 0.829 bits per heavy atom. The van der Waals surface area contributed by atoms with Crippen molar-refractivity contribution in [2.75, 3.05) is 4.90 Å². The van der Waals surface area contributed by atoms with E-state index >= 15 is 0 Å². The molecule has 0 aromatic heterocycles. The van der Waals surface area contributed by atoms with E-state index < -0.39 is 36.0 Å². The van der Waals surface area contributed by atoms with Crippen LogP contribution in [0.4, 0.5) is 5.69 Å². The van der Waals surface area contributed by atoms with Crippen LogP contribution in [0, 0.1) is 5.92 Å². The average Bonchev–Trinajstić information content (AvgIpc) is 2.78. The first kappa shape index (κ1) is 33.0. The second-order valence-electron chi connectivity index (χ2n) is 8.63. The summed E-state index contributed by atoms with van der Waals surface area (Å²) in [5.74, 6) is -3.14. The van der Waals surface area contributed by atoms with Crippen LogP contribution in [0.2, 0.25) is 0 Å². The summed E-state index contributed by atoms with van der Waals surface area (Å²) in [5.41, 5.74) is 2.31. The molecule has 0 aliphatic carbocycles. The van der Waals surface area contributed by atoms with Crippen LogP contribution in [-0.4, -0.2) is 36.0 Å². The number of hydrogen-bond donors (Lipinski definition) is 1. The predicted molar refractivity (Wildman–Crippen MR) is 124 cm³/mol. The van der Waals surface area contributed by atoms with Crippen LogP contribution in [0.3, 0.4) is 0 Å². The first-order valence-corrected chi connectivity index (χ1v) is 11.3. The molecule has 3 atom stereocenters. The topological polar surface area (TPSA) is 113 Å². The molecule has 1 amide bonds. The molecule has 0 aliphatic rings. The summed E-state index contributed by atoms with van der Waals surface area (Å²) < 4.78 is 0. The van der Waals surface area contributed by atoms with Gasteiger partial charge in [-0.15, -0.1) is 0 Å². The summed E-state index contributed by atoms with van der Waals surface area (Å²) in [6.07, 6.45) is 1.23. The third-order valence-electron chi connectivity index (χ3n) is 5.49. The molecule has 0 saturated heterocycles. The molecule has 0 saturated carbocycles. The second kappa shape index (κ2) is 15.9. The number of aliphatic carboxylic acids is 2. The first-order chi connectivity index (χ1) is 15.6. The summed E-state index contributed by atoms with van der Waals surface area (Å²) in [4.78, 5) is 38.1. The maximum Gasteiger partial charge on any atom is 1.00 e. The number of carboxylic acids is 2. The van der Waals surface area contributed by atoms with Gasteiger partial charge in [-0.2, -0.15) is 0 Å². The Balaban J connectivity index is 0.00000578. The summed E-state index contributed by atoms with van der Waals surface area (Å²) in [6, 6.07) is 13.5. The monoisotopic (exact) mass is 466 g/mol. The number of carbonyl (C=O) groups is 3. The largest absolute Gasteiger partial charge is 1.00 e. The van der Waals surface area contributed by atoms with Gasteiger partial charge in [0, 0.05) is 11.7 Å². The van der Waals surface area contributed by atoms with Gasteiger partial charge in [0.15, 0.2) is 0 Å². The molecule has 35 heavy (non-hydrogen) atoms. The van der Waals surface area contributed by atoms with Gasteiger partial charge in [-0.1, -0.05) is 69.7 Å². The fraction of sp³-hybridized carbons (Fsp3) is 0.423. The van der Waals surface area contributed by atoms with Gasteiger partial charge in [-0.3, -0.25) is 10.1 Å². The van der Waals surface area contributed by atoms with Gasteiger partial charge in [-0.25, -0.2) is 0 Å². The molecule has 0 aliphatic heterocycles. The van der Waals surface area contributed by atoms with E-state index in [2.05, 4.69) is 5.32 Å². The van der Waals surface area contributed by atoms with Gasteiger partial charge in [0.05, 0.1) is 24.0 Å². The van der Waals surface area contributed by atoms with Crippen LogP contribution in [-0.2, 0) is 14.4 Å². The molecule has 0 bridgehead atoms. The third-order valence-corrected chi connectivity index (χ3v) is 5.49. The average molecular weight is 466 g/mol. The van der Waals surface area contributed by atoms with E-state index in [1.165, 1.54) is 11.8 Å². The Hall–Kier alpha value is -2.00. The molecule has 0 spiro atoms. The molecule has 7 nitrogen and oxygen atoms in total. The van der Waals surface area contributed by atoms with Crippen LogP contribution in [0.25, 0.3) is 11.1 Å². The Labute approximate surface area is 232 Å². The molecule has 2 rings (SSSR count). The number of carbonyl (C=O) groups excluding carboxylic acids is 3. The number of amides is 1. The van der Waals surface area contributed by atoms with Crippen molar-refractivity contribution in [2.24, 2.45) is 5.92 Å². The fourth-order valence-electron chi connectivity index (χ4n) is 3.77. The molecule has 0 fully saturated rings. The van der Waals surface area contributed by atoms with Crippen molar-refractivity contribution in [3.05, 3.63) is 54.6 Å². The molecule has 1 N–H and O–H groups in total. The number of rotatable bonds is 12. The van der Waals surface area contributed by atoms with E-state index in [9.17, 15) is 24.6 Å². The number of anilines is 1. The summed E-state index contributed by atoms with van der Waals surface area (Å²) in [6.45, 7) is 7.05. The van der Waals surface area contributed by atoms with Crippen molar-refractivity contribution in [3.8, 4) is 11.1 Å². The normalized spacial score (nSPS) is 13.1. The fourth-order valence-corrected chi connectivity index (χ4v) is 3.77. The summed E-state index contributed by atoms with van der Waals surface area (Å²) in [7, 11) is 0. The van der Waals surface area contributed by atoms with Crippen LogP contribution >= 0.6 is 0 Å². The molecule has 9 heteroatoms. The zero-order chi connectivity index (χ0) is 24.5. The van der Waals surface area contributed by atoms with Gasteiger partial charge < -0.3 is 24.7 Å². The Bertz CT molecular complexity index is 939. The van der Waals surface area contributed by atoms with Crippen molar-refractivity contribution in [1.29, 1.82) is 0 Å². The maximum absolute atomic E-state index is 13.6. The van der Waals surface area contributed by atoms with Gasteiger partial charge in [0.25, 0.3) is 0 Å². The number of benzene rings is 2. The van der Waals surface area contributed by atoms with Crippen molar-refractivity contribution >= 4 is 23.5 Å². The van der Waals surface area contributed by atoms with E-state index in [0.29, 0.717) is 24.9 Å². The molecule has 2 aromatic rings. The van der Waals surface area contributed by atoms with Gasteiger partial charge in [0.1, 0.15) is 0 Å². The molecule has 0 radical (unpaired) electrons. The van der Waals surface area contributed by atoms with E-state index in [0.717, 1.165) is 11.1 Å². The van der Waals surface area contributed by atoms with E-state index in [4.69, 9.17) is 0 Å². The van der Waals surface area contributed by atoms with Crippen molar-refractivity contribution in [3.63, 3.8) is 0 Å². The maximum atomic E-state index is 13.6. The van der Waals surface area contributed by atoms with Crippen molar-refractivity contribution in [2.45, 2.75) is 65.1 Å². The second-order valence-corrected chi connectivity index (χ2v) is 8.63. The number of carboxylic acid groups (broad SMARTS) is 2. The minimum atomic E-state index is -1.40. The Morgan fingerprint density at radius 3 is 1.83 bits per heavy atom. The van der Waals surface area contributed by atoms with Gasteiger partial charge in [-0.05, 0) is 48.9 Å². The van der Waals surface area contributed by atoms with Gasteiger partial charge >= 0.3 is 37.7 Å². The third kappa shape index (κ3) is 9.52. The molecule has 0 unspecified atom stereocenters. The molecule has 178 valence electrons. The predicted octanol–water partition coefficient (Wildman–Crippen LogP) is -4.24. The Kier molecular flexibility index (Phi) is 15.0. The zero-order valence-electron chi connectivity index (χ0n) is 21.6. The minimum Gasteiger partial charge on any atom is -0.548 e. The van der Waals surface area contributed by atoms with Crippen LogP contribution in [0.1, 0.15) is 47.0 Å². The van der Waals surface area contributed by atoms with E-state index in [1.807, 2.05) is 63.2 Å². The zero-order valence-corrected chi connectivity index (χ0v) is 21.6. The van der Waals surface area contributed by atoms with E-state index in [1.54, 1.807) is 12.1 Å². The Morgan fingerprint density at radius 2 is 1.37 bits per heavy atom. The number of nitrogens with zero attached hydrogens (tertiary/aromatic N) is 1. The van der Waals surface area contributed by atoms with E-state index in [-0.39, 0.29) is 43.6 Å². The quantitative estimate of drug-likeness (QED) is 0.317. The summed E-state index contributed by atoms with van der Waals surface area (Å²) >= 11 is 0. The molecule has 2 aromatic carbocycles. The minimum absolute atomic E-state index is 0. The summed E-state index contributed by atoms with van der Waals surface area (Å²) in [5, 5.41) is 26.2. The number of hydrogen-bond acceptors (Lipinski definition) is 6. The molecular weight excluding hydrogens is 434 g/mol. The standard InChI is InChI=1S/C26H34N2O5.2Li/c1-5-9-22(26(32)33)27-23(16-17(2)3)24(29)28(18(4)25(30)31)21-14-12-20(13-15-21)19-10-7-6-8-11-19;;/h6-8,10-15,17-18,22-23,27H,5,9,16H2,1-4H3,(H,30,31)(H,32,33);;/q;2*+1/p-2/t18-,22-,23-;;/m0../s1. The van der Waals surface area contributed by atoms with Crippen LogP contribution in [0.5, 0.6) is 0 Å². The van der Waals surface area contributed by atoms with Crippen molar-refractivity contribution < 1.29 is 62.3 Å². The first-order valence-electron chi connectivity index (χ1n) is 11.3. The SMILES string of the molecule is CCC[C@H](N[C@@H](CC(C)C)C(=O)N(c1ccc(-c2ccccc2)cc1)[C@@H](C)C(=O)[O-])C(=O)[O-].[Li+].[Li+]. The van der Waals surface area contributed by atoms with Crippen LogP contribution in [0.15, 0.2) is 54.6 Å². The molecule has 0 heterocycles. The van der Waals surface area contributed by atoms with Crippen molar-refractivity contribution in [1.82, 2.24) is 5.32 Å².